The summed E-state index contributed by atoms with van der Waals surface area (Å²) in [6.07, 6.45) is 15.0. The second-order valence-electron chi connectivity index (χ2n) is 13.0. The SMILES string of the molecule is C[C@]12C=CC(=O)C=C1CC[C@@H]1C2C(O)C[C@@]2(C)[C@H]1C[C@H]1O[C@@H](C3CCCCCCC3)O[C@]12C(=O)CO. The summed E-state index contributed by atoms with van der Waals surface area (Å²) in [4.78, 5) is 25.7. The molecule has 2 N–H and O–H groups in total. The van der Waals surface area contributed by atoms with Gasteiger partial charge >= 0.3 is 0 Å². The van der Waals surface area contributed by atoms with E-state index in [9.17, 15) is 19.8 Å². The number of allylic oxidation sites excluding steroid dienone is 4. The molecule has 6 nitrogen and oxygen atoms in total. The fraction of sp³-hybridized carbons (Fsp3) is 0.800. The van der Waals surface area contributed by atoms with Crippen LogP contribution in [0.1, 0.15) is 84.5 Å². The lowest BCUT2D eigenvalue weighted by Crippen LogP contribution is -2.63. The predicted octanol–water partition coefficient (Wildman–Crippen LogP) is 4.28. The number of aliphatic hydroxyl groups is 2. The Morgan fingerprint density at radius 3 is 2.56 bits per heavy atom. The molecule has 1 heterocycles. The van der Waals surface area contributed by atoms with Crippen molar-refractivity contribution >= 4 is 11.6 Å². The maximum absolute atomic E-state index is 13.6. The van der Waals surface area contributed by atoms with Gasteiger partial charge in [-0.3, -0.25) is 9.59 Å². The van der Waals surface area contributed by atoms with Gasteiger partial charge in [-0.2, -0.15) is 0 Å². The van der Waals surface area contributed by atoms with Gasteiger partial charge in [0, 0.05) is 22.7 Å². The Balaban J connectivity index is 1.34. The molecule has 6 heteroatoms. The first-order valence-electron chi connectivity index (χ1n) is 14.3. The minimum atomic E-state index is -1.21. The number of ketones is 2. The van der Waals surface area contributed by atoms with Crippen molar-refractivity contribution in [2.45, 2.75) is 109 Å². The number of carbonyl (C=O) groups excluding carboxylic acids is 2. The van der Waals surface area contributed by atoms with E-state index in [-0.39, 0.29) is 46.8 Å². The smallest absolute Gasteiger partial charge is 0.193 e. The minimum absolute atomic E-state index is 0.0126. The van der Waals surface area contributed by atoms with Gasteiger partial charge in [0.25, 0.3) is 0 Å². The Kier molecular flexibility index (Phi) is 6.14. The van der Waals surface area contributed by atoms with Crippen LogP contribution in [0.25, 0.3) is 0 Å². The van der Waals surface area contributed by atoms with Gasteiger partial charge in [0.2, 0.25) is 0 Å². The molecule has 2 unspecified atom stereocenters. The fourth-order valence-electron chi connectivity index (χ4n) is 9.68. The Bertz CT molecular complexity index is 978. The van der Waals surface area contributed by atoms with E-state index < -0.39 is 30.0 Å². The molecule has 5 aliphatic carbocycles. The predicted molar refractivity (Wildman–Crippen MR) is 134 cm³/mol. The molecule has 0 aromatic heterocycles. The second-order valence-corrected chi connectivity index (χ2v) is 13.0. The number of hydrogen-bond donors (Lipinski definition) is 2. The van der Waals surface area contributed by atoms with Crippen LogP contribution in [0, 0.1) is 34.5 Å². The fourth-order valence-corrected chi connectivity index (χ4v) is 9.68. The molecule has 6 rings (SSSR count). The highest BCUT2D eigenvalue weighted by atomic mass is 16.7. The molecular weight excluding hydrogens is 456 g/mol. The van der Waals surface area contributed by atoms with Gasteiger partial charge in [0.15, 0.2) is 23.5 Å². The third-order valence-corrected chi connectivity index (χ3v) is 11.3. The lowest BCUT2D eigenvalue weighted by Gasteiger charge is -2.59. The van der Waals surface area contributed by atoms with E-state index in [1.54, 1.807) is 12.2 Å². The first kappa shape index (κ1) is 25.0. The zero-order valence-corrected chi connectivity index (χ0v) is 21.8. The molecule has 1 saturated heterocycles. The highest BCUT2D eigenvalue weighted by Gasteiger charge is 2.76. The van der Waals surface area contributed by atoms with E-state index >= 15 is 0 Å². The van der Waals surface area contributed by atoms with Crippen molar-refractivity contribution < 1.29 is 29.3 Å². The van der Waals surface area contributed by atoms with Crippen molar-refractivity contribution in [3.05, 3.63) is 23.8 Å². The average molecular weight is 499 g/mol. The van der Waals surface area contributed by atoms with E-state index in [4.69, 9.17) is 9.47 Å². The van der Waals surface area contributed by atoms with Gasteiger partial charge in [-0.15, -0.1) is 0 Å². The molecule has 0 spiro atoms. The van der Waals surface area contributed by atoms with Crippen LogP contribution < -0.4 is 0 Å². The number of Topliss-reactive ketones (excluding diaryl/α,β-unsaturated/α-hetero) is 1. The van der Waals surface area contributed by atoms with E-state index in [1.807, 2.05) is 6.08 Å². The summed E-state index contributed by atoms with van der Waals surface area (Å²) in [5, 5.41) is 21.9. The maximum atomic E-state index is 13.6. The molecule has 0 amide bonds. The Hall–Kier alpha value is -1.34. The summed E-state index contributed by atoms with van der Waals surface area (Å²) in [7, 11) is 0. The highest BCUT2D eigenvalue weighted by molar-refractivity contribution is 6.01. The van der Waals surface area contributed by atoms with Gasteiger partial charge in [0.05, 0.1) is 12.2 Å². The molecule has 0 radical (unpaired) electrons. The Morgan fingerprint density at radius 2 is 1.83 bits per heavy atom. The molecule has 36 heavy (non-hydrogen) atoms. The topological polar surface area (TPSA) is 93.1 Å². The highest BCUT2D eigenvalue weighted by Crippen LogP contribution is 2.70. The number of aliphatic hydroxyl groups excluding tert-OH is 2. The van der Waals surface area contributed by atoms with Crippen LogP contribution in [0.15, 0.2) is 23.8 Å². The van der Waals surface area contributed by atoms with Crippen LogP contribution in [0.4, 0.5) is 0 Å². The minimum Gasteiger partial charge on any atom is -0.393 e. The van der Waals surface area contributed by atoms with Gasteiger partial charge in [-0.05, 0) is 62.5 Å². The standard InChI is InChI=1S/C30H42O6/c1-28-13-12-20(32)14-19(28)10-11-21-22-15-25-30(24(34)17-31,29(22,2)16-23(33)26(21)28)36-27(35-25)18-8-6-4-3-5-7-9-18/h12-14,18,21-23,25-27,31,33H,3-11,15-17H2,1-2H3/t21-,22-,23?,25+,26?,27+,28-,29-,30+/m0/s1. The van der Waals surface area contributed by atoms with Gasteiger partial charge in [-0.1, -0.05) is 57.6 Å². The van der Waals surface area contributed by atoms with Crippen LogP contribution in [-0.2, 0) is 19.1 Å². The van der Waals surface area contributed by atoms with Crippen molar-refractivity contribution in [2.75, 3.05) is 6.61 Å². The Labute approximate surface area is 214 Å². The molecule has 198 valence electrons. The largest absolute Gasteiger partial charge is 0.393 e. The molecule has 5 fully saturated rings. The summed E-state index contributed by atoms with van der Waals surface area (Å²) in [6.45, 7) is 3.70. The summed E-state index contributed by atoms with van der Waals surface area (Å²) >= 11 is 0. The quantitative estimate of drug-likeness (QED) is 0.604. The maximum Gasteiger partial charge on any atom is 0.193 e. The molecule has 9 atom stereocenters. The Morgan fingerprint density at radius 1 is 1.11 bits per heavy atom. The molecule has 6 aliphatic rings. The summed E-state index contributed by atoms with van der Waals surface area (Å²) in [5.41, 5.74) is -1.05. The van der Waals surface area contributed by atoms with Crippen LogP contribution in [-0.4, -0.2) is 52.5 Å². The zero-order valence-electron chi connectivity index (χ0n) is 21.8. The molecular formula is C30H42O6. The average Bonchev–Trinajstić information content (AvgIpc) is 3.31. The first-order chi connectivity index (χ1) is 17.2. The number of carbonyl (C=O) groups is 2. The van der Waals surface area contributed by atoms with E-state index in [0.717, 1.165) is 50.5 Å². The lowest BCUT2D eigenvalue weighted by molar-refractivity contribution is -0.209. The number of fused-ring (bicyclic) bond motifs is 7. The molecule has 0 bridgehead atoms. The van der Waals surface area contributed by atoms with Crippen LogP contribution in [0.2, 0.25) is 0 Å². The van der Waals surface area contributed by atoms with Crippen LogP contribution in [0.5, 0.6) is 0 Å². The monoisotopic (exact) mass is 498 g/mol. The zero-order chi connectivity index (χ0) is 25.3. The molecule has 4 saturated carbocycles. The van der Waals surface area contributed by atoms with Gasteiger partial charge in [-0.25, -0.2) is 0 Å². The van der Waals surface area contributed by atoms with Crippen molar-refractivity contribution in [3.8, 4) is 0 Å². The van der Waals surface area contributed by atoms with Crippen LogP contribution >= 0.6 is 0 Å². The van der Waals surface area contributed by atoms with Crippen molar-refractivity contribution in [1.82, 2.24) is 0 Å². The van der Waals surface area contributed by atoms with E-state index in [1.165, 1.54) is 19.3 Å². The summed E-state index contributed by atoms with van der Waals surface area (Å²) in [5.74, 6) is 0.340. The number of ether oxygens (including phenoxy) is 2. The van der Waals surface area contributed by atoms with Crippen molar-refractivity contribution in [2.24, 2.45) is 34.5 Å². The molecule has 0 aromatic carbocycles. The normalized spacial score (nSPS) is 48.8. The number of rotatable bonds is 3. The molecule has 0 aromatic rings. The third-order valence-electron chi connectivity index (χ3n) is 11.3. The van der Waals surface area contributed by atoms with E-state index in [0.29, 0.717) is 6.42 Å². The summed E-state index contributed by atoms with van der Waals surface area (Å²) in [6, 6.07) is 0. The van der Waals surface area contributed by atoms with Gasteiger partial charge in [0.1, 0.15) is 6.61 Å². The number of hydrogen-bond acceptors (Lipinski definition) is 6. The second kappa shape index (κ2) is 8.86. The lowest BCUT2D eigenvalue weighted by atomic mass is 9.46. The summed E-state index contributed by atoms with van der Waals surface area (Å²) < 4.78 is 13.5. The first-order valence-corrected chi connectivity index (χ1v) is 14.3. The van der Waals surface area contributed by atoms with Crippen molar-refractivity contribution in [1.29, 1.82) is 0 Å². The van der Waals surface area contributed by atoms with Gasteiger partial charge < -0.3 is 19.7 Å². The molecule has 1 aliphatic heterocycles. The van der Waals surface area contributed by atoms with E-state index in [2.05, 4.69) is 13.8 Å². The third kappa shape index (κ3) is 3.36. The van der Waals surface area contributed by atoms with Crippen molar-refractivity contribution in [3.63, 3.8) is 0 Å². The van der Waals surface area contributed by atoms with Crippen LogP contribution in [0.3, 0.4) is 0 Å².